The van der Waals surface area contributed by atoms with E-state index in [0.717, 1.165) is 14.7 Å². The van der Waals surface area contributed by atoms with E-state index in [0.29, 0.717) is 15.1 Å². The molecular formula is C8H6Cl3I. The van der Waals surface area contributed by atoms with Gasteiger partial charge in [-0.3, -0.25) is 0 Å². The molecule has 0 nitrogen and oxygen atoms in total. The molecule has 0 aliphatic carbocycles. The van der Waals surface area contributed by atoms with Gasteiger partial charge in [-0.1, -0.05) is 34.8 Å². The number of hydrogen-bond acceptors (Lipinski definition) is 0. The van der Waals surface area contributed by atoms with Gasteiger partial charge in [-0.25, -0.2) is 0 Å². The van der Waals surface area contributed by atoms with Crippen molar-refractivity contribution in [1.82, 2.24) is 0 Å². The quantitative estimate of drug-likeness (QED) is 0.360. The Morgan fingerprint density at radius 1 is 0.833 bits per heavy atom. The second kappa shape index (κ2) is 3.91. The van der Waals surface area contributed by atoms with Gasteiger partial charge < -0.3 is 0 Å². The highest BCUT2D eigenvalue weighted by molar-refractivity contribution is 14.1. The number of benzene rings is 1. The highest BCUT2D eigenvalue weighted by atomic mass is 127. The Kier molecular flexibility index (Phi) is 3.55. The van der Waals surface area contributed by atoms with Crippen molar-refractivity contribution in [2.45, 2.75) is 13.8 Å². The summed E-state index contributed by atoms with van der Waals surface area (Å²) in [6, 6.07) is 0. The van der Waals surface area contributed by atoms with Crippen molar-refractivity contribution < 1.29 is 0 Å². The second-order valence-corrected chi connectivity index (χ2v) is 4.72. The second-order valence-electron chi connectivity index (χ2n) is 2.51. The van der Waals surface area contributed by atoms with Crippen molar-refractivity contribution in [1.29, 1.82) is 0 Å². The first-order valence-corrected chi connectivity index (χ1v) is 5.47. The fraction of sp³-hybridized carbons (Fsp3) is 0.250. The van der Waals surface area contributed by atoms with Crippen LogP contribution in [0, 0.1) is 17.4 Å². The molecule has 0 radical (unpaired) electrons. The Morgan fingerprint density at radius 3 is 1.75 bits per heavy atom. The molecule has 12 heavy (non-hydrogen) atoms. The van der Waals surface area contributed by atoms with Crippen LogP contribution in [0.3, 0.4) is 0 Å². The van der Waals surface area contributed by atoms with E-state index in [1.165, 1.54) is 0 Å². The van der Waals surface area contributed by atoms with Gasteiger partial charge in [-0.2, -0.15) is 0 Å². The lowest BCUT2D eigenvalue weighted by Crippen LogP contribution is -1.89. The van der Waals surface area contributed by atoms with Crippen LogP contribution in [0.2, 0.25) is 15.1 Å². The summed E-state index contributed by atoms with van der Waals surface area (Å²) in [4.78, 5) is 0. The van der Waals surface area contributed by atoms with Gasteiger partial charge in [0.25, 0.3) is 0 Å². The van der Waals surface area contributed by atoms with Crippen LogP contribution in [0.5, 0.6) is 0 Å². The molecule has 0 fully saturated rings. The molecule has 0 atom stereocenters. The third kappa shape index (κ3) is 1.69. The minimum absolute atomic E-state index is 0.547. The zero-order valence-corrected chi connectivity index (χ0v) is 10.9. The monoisotopic (exact) mass is 334 g/mol. The highest BCUT2D eigenvalue weighted by Crippen LogP contribution is 2.38. The van der Waals surface area contributed by atoms with E-state index in [1.807, 2.05) is 13.8 Å². The first-order valence-electron chi connectivity index (χ1n) is 3.26. The molecule has 0 amide bonds. The Hall–Kier alpha value is 0.820. The summed E-state index contributed by atoms with van der Waals surface area (Å²) < 4.78 is 0.823. The Bertz CT molecular complexity index is 229. The van der Waals surface area contributed by atoms with Crippen molar-refractivity contribution in [2.75, 3.05) is 0 Å². The number of halogens is 4. The van der Waals surface area contributed by atoms with E-state index in [2.05, 4.69) is 22.6 Å². The van der Waals surface area contributed by atoms with Gasteiger partial charge in [0.15, 0.2) is 0 Å². The van der Waals surface area contributed by atoms with Crippen molar-refractivity contribution in [3.8, 4) is 0 Å². The van der Waals surface area contributed by atoms with Crippen LogP contribution in [0.4, 0.5) is 0 Å². The molecule has 0 aromatic heterocycles. The predicted molar refractivity (Wildman–Crippen MR) is 63.7 cm³/mol. The highest BCUT2D eigenvalue weighted by Gasteiger charge is 2.13. The summed E-state index contributed by atoms with van der Waals surface area (Å²) in [5.74, 6) is 0. The van der Waals surface area contributed by atoms with Gasteiger partial charge >= 0.3 is 0 Å². The lowest BCUT2D eigenvalue weighted by molar-refractivity contribution is 1.33. The SMILES string of the molecule is Cc1c(C)c(Cl)c(I)c(Cl)c1Cl. The topological polar surface area (TPSA) is 0 Å². The van der Waals surface area contributed by atoms with Crippen LogP contribution >= 0.6 is 57.4 Å². The first kappa shape index (κ1) is 10.9. The van der Waals surface area contributed by atoms with Crippen LogP contribution in [0.25, 0.3) is 0 Å². The van der Waals surface area contributed by atoms with Crippen molar-refractivity contribution in [3.63, 3.8) is 0 Å². The maximum atomic E-state index is 6.01. The Labute approximate surface area is 100 Å². The number of rotatable bonds is 0. The standard InChI is InChI=1S/C8H6Cl3I/c1-3-4(2)6(10)8(12)7(11)5(3)9/h1-2H3. The van der Waals surface area contributed by atoms with Gasteiger partial charge in [0.05, 0.1) is 18.6 Å². The molecule has 0 heterocycles. The van der Waals surface area contributed by atoms with Gasteiger partial charge in [-0.05, 0) is 47.6 Å². The predicted octanol–water partition coefficient (Wildman–Crippen LogP) is 4.87. The normalized spacial score (nSPS) is 10.5. The maximum Gasteiger partial charge on any atom is 0.0743 e. The summed E-state index contributed by atoms with van der Waals surface area (Å²) in [6.45, 7) is 3.84. The average Bonchev–Trinajstić information content (AvgIpc) is 2.08. The van der Waals surface area contributed by atoms with Crippen LogP contribution in [0.1, 0.15) is 11.1 Å². The van der Waals surface area contributed by atoms with Crippen LogP contribution in [-0.2, 0) is 0 Å². The third-order valence-corrected chi connectivity index (χ3v) is 4.94. The molecule has 0 spiro atoms. The smallest absolute Gasteiger partial charge is 0.0743 e. The van der Waals surface area contributed by atoms with E-state index in [1.54, 1.807) is 0 Å². The van der Waals surface area contributed by atoms with Gasteiger partial charge in [0.1, 0.15) is 0 Å². The van der Waals surface area contributed by atoms with Crippen molar-refractivity contribution in [2.24, 2.45) is 0 Å². The van der Waals surface area contributed by atoms with Crippen molar-refractivity contribution in [3.05, 3.63) is 29.8 Å². The van der Waals surface area contributed by atoms with Gasteiger partial charge in [0.2, 0.25) is 0 Å². The fourth-order valence-electron chi connectivity index (χ4n) is 0.851. The van der Waals surface area contributed by atoms with E-state index < -0.39 is 0 Å². The Morgan fingerprint density at radius 2 is 1.25 bits per heavy atom. The summed E-state index contributed by atoms with van der Waals surface area (Å²) in [5, 5.41) is 1.84. The molecule has 0 unspecified atom stereocenters. The molecule has 0 saturated carbocycles. The molecule has 1 aromatic rings. The van der Waals surface area contributed by atoms with Crippen molar-refractivity contribution >= 4 is 57.4 Å². The van der Waals surface area contributed by atoms with E-state index in [4.69, 9.17) is 34.8 Å². The van der Waals surface area contributed by atoms with Crippen LogP contribution in [0.15, 0.2) is 0 Å². The molecule has 4 heteroatoms. The molecule has 0 bridgehead atoms. The van der Waals surface area contributed by atoms with Gasteiger partial charge in [0, 0.05) is 0 Å². The summed E-state index contributed by atoms with van der Waals surface area (Å²) >= 11 is 20.0. The van der Waals surface area contributed by atoms with Crippen LogP contribution in [-0.4, -0.2) is 0 Å². The van der Waals surface area contributed by atoms with Crippen LogP contribution < -0.4 is 0 Å². The number of hydrogen-bond donors (Lipinski definition) is 0. The first-order chi connectivity index (χ1) is 5.46. The van der Waals surface area contributed by atoms with E-state index in [9.17, 15) is 0 Å². The molecular weight excluding hydrogens is 329 g/mol. The largest absolute Gasteiger partial charge is 0.0828 e. The zero-order chi connectivity index (χ0) is 9.46. The molecule has 1 aromatic carbocycles. The van der Waals surface area contributed by atoms with E-state index >= 15 is 0 Å². The molecule has 1 rings (SSSR count). The minimum atomic E-state index is 0.547. The molecule has 0 aliphatic rings. The lowest BCUT2D eigenvalue weighted by atomic mass is 10.1. The average molecular weight is 335 g/mol. The maximum absolute atomic E-state index is 6.01. The van der Waals surface area contributed by atoms with E-state index in [-0.39, 0.29) is 0 Å². The summed E-state index contributed by atoms with van der Waals surface area (Å²) in [6.07, 6.45) is 0. The zero-order valence-electron chi connectivity index (χ0n) is 6.51. The van der Waals surface area contributed by atoms with Gasteiger partial charge in [-0.15, -0.1) is 0 Å². The molecule has 0 aliphatic heterocycles. The molecule has 66 valence electrons. The molecule has 0 saturated heterocycles. The fourth-order valence-corrected chi connectivity index (χ4v) is 2.44. The Balaban J connectivity index is 3.60. The summed E-state index contributed by atoms with van der Waals surface area (Å²) in [7, 11) is 0. The summed E-state index contributed by atoms with van der Waals surface area (Å²) in [5.41, 5.74) is 1.95. The lowest BCUT2D eigenvalue weighted by Gasteiger charge is -2.09. The molecule has 0 N–H and O–H groups in total. The third-order valence-electron chi connectivity index (χ3n) is 1.80. The minimum Gasteiger partial charge on any atom is -0.0828 e.